The Morgan fingerprint density at radius 1 is 1.27 bits per heavy atom. The molecule has 1 aliphatic heterocycles. The number of rotatable bonds is 3. The number of benzene rings is 1. The van der Waals surface area contributed by atoms with Crippen molar-refractivity contribution in [3.63, 3.8) is 0 Å². The van der Waals surface area contributed by atoms with Crippen LogP contribution in [0.15, 0.2) is 21.4 Å². The first kappa shape index (κ1) is 17.4. The van der Waals surface area contributed by atoms with Crippen molar-refractivity contribution in [2.45, 2.75) is 13.2 Å². The molecular formula is C17H14O9. The highest BCUT2D eigenvalue weighted by molar-refractivity contribution is 6.00. The maximum Gasteiger partial charge on any atom is 0.348 e. The van der Waals surface area contributed by atoms with E-state index < -0.39 is 51.8 Å². The third kappa shape index (κ3) is 2.37. The van der Waals surface area contributed by atoms with Gasteiger partial charge in [0, 0.05) is 11.6 Å². The highest BCUT2D eigenvalue weighted by atomic mass is 16.6. The Balaban J connectivity index is 2.48. The van der Waals surface area contributed by atoms with Crippen molar-refractivity contribution in [2.24, 2.45) is 0 Å². The van der Waals surface area contributed by atoms with Crippen LogP contribution < -0.4 is 15.1 Å². The summed E-state index contributed by atoms with van der Waals surface area (Å²) in [6.07, 6.45) is 1.25. The average Bonchev–Trinajstić information content (AvgIpc) is 2.57. The van der Waals surface area contributed by atoms with Gasteiger partial charge in [-0.25, -0.2) is 9.59 Å². The van der Waals surface area contributed by atoms with Gasteiger partial charge in [0.25, 0.3) is 0 Å². The Morgan fingerprint density at radius 3 is 2.54 bits per heavy atom. The molecular weight excluding hydrogens is 348 g/mol. The predicted molar refractivity (Wildman–Crippen MR) is 87.6 cm³/mol. The van der Waals surface area contributed by atoms with Crippen molar-refractivity contribution in [3.8, 4) is 34.1 Å². The van der Waals surface area contributed by atoms with Crippen molar-refractivity contribution < 1.29 is 39.1 Å². The van der Waals surface area contributed by atoms with E-state index in [-0.39, 0.29) is 17.1 Å². The van der Waals surface area contributed by atoms with Crippen molar-refractivity contribution in [1.29, 1.82) is 0 Å². The zero-order valence-electron chi connectivity index (χ0n) is 13.6. The summed E-state index contributed by atoms with van der Waals surface area (Å²) in [7, 11) is 1.08. The first-order valence-electron chi connectivity index (χ1n) is 7.36. The van der Waals surface area contributed by atoms with E-state index in [0.717, 1.165) is 7.11 Å². The summed E-state index contributed by atoms with van der Waals surface area (Å²) >= 11 is 0. The molecule has 0 fully saturated rings. The SMILES string of the molecule is CC=Cc1cc2c(c(=O)o1)-c1c(O)c(O)c(OC)c(C(=O)O)c1[C@H](O)O2. The molecule has 0 radical (unpaired) electrons. The van der Waals surface area contributed by atoms with Gasteiger partial charge < -0.3 is 34.3 Å². The standard InChI is InChI=1S/C17H14O9/c1-3-4-6-5-7-8(16(22)25-6)9-10(17(23)26-7)11(15(20)21)14(24-2)13(19)12(9)18/h3-5,17-19,23H,1-2H3,(H,20,21)/t17-/m1/s1. The minimum Gasteiger partial charge on any atom is -0.504 e. The van der Waals surface area contributed by atoms with Crippen molar-refractivity contribution in [2.75, 3.05) is 7.11 Å². The molecule has 1 aromatic carbocycles. The number of carboxylic acids is 1. The molecule has 4 N–H and O–H groups in total. The molecule has 0 unspecified atom stereocenters. The number of fused-ring (bicyclic) bond motifs is 3. The smallest absolute Gasteiger partial charge is 0.348 e. The number of methoxy groups -OCH3 is 1. The van der Waals surface area contributed by atoms with Crippen LogP contribution in [0.1, 0.15) is 34.9 Å². The molecule has 0 spiro atoms. The first-order chi connectivity index (χ1) is 12.3. The highest BCUT2D eigenvalue weighted by Crippen LogP contribution is 2.53. The van der Waals surface area contributed by atoms with Crippen molar-refractivity contribution >= 4 is 12.0 Å². The van der Waals surface area contributed by atoms with Crippen LogP contribution >= 0.6 is 0 Å². The fourth-order valence-electron chi connectivity index (χ4n) is 2.86. The van der Waals surface area contributed by atoms with Gasteiger partial charge in [0.2, 0.25) is 12.0 Å². The number of allylic oxidation sites excluding steroid dienone is 1. The van der Waals surface area contributed by atoms with Gasteiger partial charge in [0.1, 0.15) is 22.6 Å². The number of aromatic carboxylic acids is 1. The predicted octanol–water partition coefficient (Wildman–Crippen LogP) is 1.84. The van der Waals surface area contributed by atoms with Gasteiger partial charge in [-0.15, -0.1) is 0 Å². The Kier molecular flexibility index (Phi) is 4.09. The second-order valence-corrected chi connectivity index (χ2v) is 5.34. The lowest BCUT2D eigenvalue weighted by atomic mass is 9.90. The summed E-state index contributed by atoms with van der Waals surface area (Å²) in [4.78, 5) is 24.0. The van der Waals surface area contributed by atoms with Crippen LogP contribution in [-0.2, 0) is 0 Å². The lowest BCUT2D eigenvalue weighted by molar-refractivity contribution is -0.0232. The topological polar surface area (TPSA) is 147 Å². The number of aromatic hydroxyl groups is 2. The van der Waals surface area contributed by atoms with Crippen LogP contribution in [0.25, 0.3) is 17.2 Å². The molecule has 0 bridgehead atoms. The maximum atomic E-state index is 12.4. The molecule has 9 nitrogen and oxygen atoms in total. The number of carboxylic acid groups (broad SMARTS) is 1. The minimum absolute atomic E-state index is 0.127. The molecule has 0 aliphatic carbocycles. The van der Waals surface area contributed by atoms with Gasteiger partial charge in [-0.05, 0) is 13.0 Å². The third-order valence-electron chi connectivity index (χ3n) is 3.86. The van der Waals surface area contributed by atoms with Crippen LogP contribution in [0.3, 0.4) is 0 Å². The molecule has 9 heteroatoms. The number of hydrogen-bond acceptors (Lipinski definition) is 8. The second kappa shape index (κ2) is 6.12. The molecule has 1 atom stereocenters. The number of aliphatic hydroxyl groups is 1. The minimum atomic E-state index is -1.83. The number of phenolic OH excluding ortho intramolecular Hbond substituents is 2. The number of hydrogen-bond donors (Lipinski definition) is 4. The largest absolute Gasteiger partial charge is 0.504 e. The van der Waals surface area contributed by atoms with Gasteiger partial charge >= 0.3 is 11.6 Å². The normalized spacial score (nSPS) is 15.3. The third-order valence-corrected chi connectivity index (χ3v) is 3.86. The number of ether oxygens (including phenoxy) is 2. The van der Waals surface area contributed by atoms with Gasteiger partial charge in [-0.1, -0.05) is 6.08 Å². The van der Waals surface area contributed by atoms with E-state index in [0.29, 0.717) is 0 Å². The van der Waals surface area contributed by atoms with E-state index >= 15 is 0 Å². The van der Waals surface area contributed by atoms with Gasteiger partial charge in [-0.2, -0.15) is 0 Å². The molecule has 1 aliphatic rings. The number of carbonyl (C=O) groups is 1. The van der Waals surface area contributed by atoms with E-state index in [2.05, 4.69) is 0 Å². The number of phenols is 2. The Bertz CT molecular complexity index is 1000. The Labute approximate surface area is 146 Å². The Hall–Kier alpha value is -3.46. The van der Waals surface area contributed by atoms with Crippen LogP contribution in [0.2, 0.25) is 0 Å². The number of aliphatic hydroxyl groups excluding tert-OH is 1. The monoisotopic (exact) mass is 362 g/mol. The van der Waals surface area contributed by atoms with Crippen LogP contribution in [0.5, 0.6) is 23.0 Å². The van der Waals surface area contributed by atoms with Crippen molar-refractivity contribution in [1.82, 2.24) is 0 Å². The summed E-state index contributed by atoms with van der Waals surface area (Å²) < 4.78 is 15.2. The van der Waals surface area contributed by atoms with Gasteiger partial charge in [0.15, 0.2) is 11.5 Å². The van der Waals surface area contributed by atoms with E-state index in [1.165, 1.54) is 12.1 Å². The second-order valence-electron chi connectivity index (χ2n) is 5.34. The zero-order chi connectivity index (χ0) is 19.2. The molecule has 1 aromatic heterocycles. The molecule has 0 amide bonds. The molecule has 136 valence electrons. The van der Waals surface area contributed by atoms with Gasteiger partial charge in [0.05, 0.1) is 12.7 Å². The summed E-state index contributed by atoms with van der Waals surface area (Å²) in [6, 6.07) is 1.30. The molecule has 0 saturated carbocycles. The van der Waals surface area contributed by atoms with Crippen LogP contribution in [-0.4, -0.2) is 33.5 Å². The molecule has 3 rings (SSSR count). The maximum absolute atomic E-state index is 12.4. The average molecular weight is 362 g/mol. The molecule has 2 aromatic rings. The van der Waals surface area contributed by atoms with Crippen molar-refractivity contribution in [3.05, 3.63) is 39.4 Å². The summed E-state index contributed by atoms with van der Waals surface area (Å²) in [5.41, 5.74) is -2.73. The summed E-state index contributed by atoms with van der Waals surface area (Å²) in [5, 5.41) is 40.2. The van der Waals surface area contributed by atoms with E-state index in [4.69, 9.17) is 13.9 Å². The Morgan fingerprint density at radius 2 is 1.96 bits per heavy atom. The van der Waals surface area contributed by atoms with Crippen LogP contribution in [0.4, 0.5) is 0 Å². The molecule has 26 heavy (non-hydrogen) atoms. The molecule has 2 heterocycles. The van der Waals surface area contributed by atoms with E-state index in [1.807, 2.05) is 0 Å². The summed E-state index contributed by atoms with van der Waals surface area (Å²) in [5.74, 6) is -3.87. The lowest BCUT2D eigenvalue weighted by Crippen LogP contribution is -2.22. The molecule has 0 saturated heterocycles. The fraction of sp³-hybridized carbons (Fsp3) is 0.176. The van der Waals surface area contributed by atoms with Gasteiger partial charge in [-0.3, -0.25) is 0 Å². The highest BCUT2D eigenvalue weighted by Gasteiger charge is 2.39. The summed E-state index contributed by atoms with van der Waals surface area (Å²) in [6.45, 7) is 1.69. The fourth-order valence-corrected chi connectivity index (χ4v) is 2.86. The van der Waals surface area contributed by atoms with E-state index in [9.17, 15) is 30.0 Å². The van der Waals surface area contributed by atoms with Crippen LogP contribution in [0, 0.1) is 0 Å². The lowest BCUT2D eigenvalue weighted by Gasteiger charge is -2.27. The van der Waals surface area contributed by atoms with E-state index in [1.54, 1.807) is 13.0 Å². The zero-order valence-corrected chi connectivity index (χ0v) is 13.6. The quantitative estimate of drug-likeness (QED) is 0.600. The first-order valence-corrected chi connectivity index (χ1v) is 7.36.